The Morgan fingerprint density at radius 1 is 1.08 bits per heavy atom. The van der Waals surface area contributed by atoms with Crippen LogP contribution in [0.2, 0.25) is 5.15 Å². The Bertz CT molecular complexity index is 1740. The van der Waals surface area contributed by atoms with Crippen LogP contribution in [-0.4, -0.2) is 78.9 Å². The number of esters is 1. The molecule has 0 fully saturated rings. The van der Waals surface area contributed by atoms with E-state index in [9.17, 15) is 19.7 Å². The Balaban J connectivity index is 1.54. The van der Waals surface area contributed by atoms with Crippen molar-refractivity contribution in [1.29, 1.82) is 0 Å². The zero-order valence-electron chi connectivity index (χ0n) is 27.6. The molecule has 4 rings (SSSR count). The number of ether oxygens (including phenoxy) is 1. The molecule has 50 heavy (non-hydrogen) atoms. The maximum absolute atomic E-state index is 13.9. The van der Waals surface area contributed by atoms with Gasteiger partial charge in [-0.25, -0.2) is 9.78 Å². The van der Waals surface area contributed by atoms with Crippen molar-refractivity contribution in [2.24, 2.45) is 16.5 Å². The van der Waals surface area contributed by atoms with Gasteiger partial charge in [0.25, 0.3) is 11.0 Å². The average Bonchev–Trinajstić information content (AvgIpc) is 3.74. The number of imidazole rings is 1. The number of hydrogen-bond donors (Lipinski definition) is 4. The van der Waals surface area contributed by atoms with Crippen molar-refractivity contribution in [3.05, 3.63) is 80.9 Å². The molecule has 1 atom stereocenters. The fourth-order valence-electron chi connectivity index (χ4n) is 5.15. The minimum atomic E-state index is -1.05. The van der Waals surface area contributed by atoms with E-state index in [-0.39, 0.29) is 43.0 Å². The Morgan fingerprint density at radius 2 is 1.82 bits per heavy atom. The molecular weight excluding hydrogens is 670 g/mol. The molecule has 0 aliphatic carbocycles. The van der Waals surface area contributed by atoms with Gasteiger partial charge in [-0.2, -0.15) is 5.21 Å². The van der Waals surface area contributed by atoms with Gasteiger partial charge in [0.2, 0.25) is 5.82 Å². The van der Waals surface area contributed by atoms with E-state index in [4.69, 9.17) is 27.8 Å². The summed E-state index contributed by atoms with van der Waals surface area (Å²) in [4.78, 5) is 50.1. The number of halogens is 1. The summed E-state index contributed by atoms with van der Waals surface area (Å²) >= 11 is 6.61. The number of nitrogens with two attached hydrogens (primary N) is 2. The maximum Gasteiger partial charge on any atom is 0.328 e. The average molecular weight is 710 g/mol. The molecule has 6 N–H and O–H groups in total. The highest BCUT2D eigenvalue weighted by Gasteiger charge is 2.28. The summed E-state index contributed by atoms with van der Waals surface area (Å²) in [5.74, 6) is -0.251. The number of tetrazole rings is 1. The van der Waals surface area contributed by atoms with E-state index in [1.54, 1.807) is 4.57 Å². The first-order chi connectivity index (χ1) is 24.2. The number of aromatic nitrogens is 6. The lowest BCUT2D eigenvalue weighted by atomic mass is 9.98. The van der Waals surface area contributed by atoms with E-state index < -0.39 is 23.0 Å². The van der Waals surface area contributed by atoms with Crippen LogP contribution < -0.4 is 16.8 Å². The zero-order valence-corrected chi connectivity index (χ0v) is 28.3. The van der Waals surface area contributed by atoms with Gasteiger partial charge >= 0.3 is 5.97 Å². The number of carbonyl (C=O) groups is 2. The normalized spacial score (nSPS) is 11.5. The van der Waals surface area contributed by atoms with Crippen LogP contribution in [0.25, 0.3) is 22.5 Å². The number of aromatic amines is 1. The fraction of sp³-hybridized carbons (Fsp3) is 0.406. The molecule has 2 aromatic heterocycles. The van der Waals surface area contributed by atoms with E-state index in [2.05, 4.69) is 47.7 Å². The van der Waals surface area contributed by atoms with Gasteiger partial charge in [-0.15, -0.1) is 20.3 Å². The number of aryl methyl sites for hydroxylation is 1. The van der Waals surface area contributed by atoms with Crippen LogP contribution >= 0.6 is 11.6 Å². The number of aliphatic imine (C=N–C) groups is 1. The maximum atomic E-state index is 13.9. The van der Waals surface area contributed by atoms with Gasteiger partial charge in [0, 0.05) is 25.1 Å². The number of carbonyl (C=O) groups excluding carboxylic acids is 2. The third-order valence-electron chi connectivity index (χ3n) is 7.61. The first-order valence-corrected chi connectivity index (χ1v) is 16.5. The Labute approximate surface area is 292 Å². The smallest absolute Gasteiger partial charge is 0.328 e. The number of hydrogen-bond acceptors (Lipinski definition) is 11. The van der Waals surface area contributed by atoms with Crippen molar-refractivity contribution in [2.75, 3.05) is 19.8 Å². The molecule has 2 aromatic carbocycles. The van der Waals surface area contributed by atoms with Crippen molar-refractivity contribution in [2.45, 2.75) is 64.5 Å². The van der Waals surface area contributed by atoms with Gasteiger partial charge in [-0.3, -0.25) is 9.79 Å². The molecule has 0 saturated heterocycles. The predicted molar refractivity (Wildman–Crippen MR) is 184 cm³/mol. The fourth-order valence-corrected chi connectivity index (χ4v) is 5.44. The number of amides is 1. The van der Waals surface area contributed by atoms with Gasteiger partial charge < -0.3 is 30.9 Å². The molecule has 266 valence electrons. The van der Waals surface area contributed by atoms with Crippen LogP contribution in [0, 0.1) is 10.1 Å². The molecule has 18 heteroatoms. The Hall–Kier alpha value is -5.58. The lowest BCUT2D eigenvalue weighted by Crippen LogP contribution is -2.43. The lowest BCUT2D eigenvalue weighted by Gasteiger charge is -2.19. The minimum Gasteiger partial charge on any atom is -0.464 e. The number of guanidine groups is 1. The highest BCUT2D eigenvalue weighted by atomic mass is 35.5. The third-order valence-corrected chi connectivity index (χ3v) is 7.87. The highest BCUT2D eigenvalue weighted by molar-refractivity contribution is 6.32. The first kappa shape index (κ1) is 37.2. The summed E-state index contributed by atoms with van der Waals surface area (Å²) in [7, 11) is 0. The molecule has 0 spiro atoms. The van der Waals surface area contributed by atoms with Crippen LogP contribution in [0.4, 0.5) is 0 Å². The number of H-pyrrole nitrogens is 1. The Morgan fingerprint density at radius 3 is 2.50 bits per heavy atom. The molecule has 4 aromatic rings. The SMILES string of the molecule is CCCCc1nc(Cl)c(C(=O)N[C@@H](CCCN=C(N)N)C(=O)OCCCCO[N+](=O)[O-])n1Cc1ccc(-c2ccccc2-c2nn[nH]n2)cc1. The minimum absolute atomic E-state index is 0.0117. The predicted octanol–water partition coefficient (Wildman–Crippen LogP) is 3.46. The van der Waals surface area contributed by atoms with Crippen molar-refractivity contribution < 1.29 is 24.3 Å². The first-order valence-electron chi connectivity index (χ1n) is 16.1. The Kier molecular flexibility index (Phi) is 14.0. The molecule has 17 nitrogen and oxygen atoms in total. The largest absolute Gasteiger partial charge is 0.464 e. The van der Waals surface area contributed by atoms with Crippen molar-refractivity contribution in [1.82, 2.24) is 35.5 Å². The van der Waals surface area contributed by atoms with Gasteiger partial charge in [0.05, 0.1) is 13.2 Å². The van der Waals surface area contributed by atoms with Crippen LogP contribution in [0.1, 0.15) is 67.3 Å². The van der Waals surface area contributed by atoms with Crippen LogP contribution in [0.15, 0.2) is 53.5 Å². The summed E-state index contributed by atoms with van der Waals surface area (Å²) < 4.78 is 7.16. The number of benzene rings is 2. The van der Waals surface area contributed by atoms with Crippen LogP contribution in [-0.2, 0) is 27.3 Å². The summed E-state index contributed by atoms with van der Waals surface area (Å²) in [6, 6.07) is 14.6. The molecule has 0 unspecified atom stereocenters. The summed E-state index contributed by atoms with van der Waals surface area (Å²) in [6.07, 6.45) is 3.49. The van der Waals surface area contributed by atoms with E-state index in [1.807, 2.05) is 48.5 Å². The number of nitrogens with zero attached hydrogens (tertiary/aromatic N) is 7. The van der Waals surface area contributed by atoms with E-state index in [0.717, 1.165) is 35.1 Å². The van der Waals surface area contributed by atoms with E-state index in [0.29, 0.717) is 43.9 Å². The topological polar surface area (TPSA) is 244 Å². The number of unbranched alkanes of at least 4 members (excludes halogenated alkanes) is 2. The number of nitrogens with one attached hydrogen (secondary N) is 2. The molecule has 0 aliphatic heterocycles. The molecule has 0 aliphatic rings. The van der Waals surface area contributed by atoms with Crippen molar-refractivity contribution in [3.8, 4) is 22.5 Å². The summed E-state index contributed by atoms with van der Waals surface area (Å²) in [5.41, 5.74) is 14.6. The van der Waals surface area contributed by atoms with Crippen LogP contribution in [0.3, 0.4) is 0 Å². The standard InChI is InChI=1S/C32H40ClN11O6/c1-2-3-12-26-38-28(33)27(30(45)37-25(11-8-17-36-32(34)35)31(46)49-18-6-7-19-50-44(47)48)43(26)20-21-13-15-22(16-14-21)23-9-4-5-10-24(23)29-39-41-42-40-29/h4-5,9-10,13-16,25H,2-3,6-8,11-12,17-20H2,1H3,(H,37,45)(H4,34,35,36)(H,39,40,41,42)/t25-/m0/s1. The second-order valence-electron chi connectivity index (χ2n) is 11.2. The summed E-state index contributed by atoms with van der Waals surface area (Å²) in [5, 5.41) is 26.7. The van der Waals surface area contributed by atoms with Gasteiger partial charge in [-0.1, -0.05) is 73.5 Å². The van der Waals surface area contributed by atoms with Crippen molar-refractivity contribution >= 4 is 29.4 Å². The summed E-state index contributed by atoms with van der Waals surface area (Å²) in [6.45, 7) is 2.44. The van der Waals surface area contributed by atoms with E-state index >= 15 is 0 Å². The van der Waals surface area contributed by atoms with Gasteiger partial charge in [-0.05, 0) is 54.0 Å². The second-order valence-corrected chi connectivity index (χ2v) is 11.6. The van der Waals surface area contributed by atoms with Gasteiger partial charge in [0.1, 0.15) is 17.6 Å². The molecule has 0 radical (unpaired) electrons. The molecule has 2 heterocycles. The van der Waals surface area contributed by atoms with Crippen molar-refractivity contribution in [3.63, 3.8) is 0 Å². The molecule has 1 amide bonds. The van der Waals surface area contributed by atoms with Gasteiger partial charge in [0.15, 0.2) is 11.1 Å². The van der Waals surface area contributed by atoms with Crippen LogP contribution in [0.5, 0.6) is 0 Å². The second kappa shape index (κ2) is 18.8. The molecular formula is C32H40ClN11O6. The molecule has 0 bridgehead atoms. The lowest BCUT2D eigenvalue weighted by molar-refractivity contribution is -0.757. The third kappa shape index (κ3) is 10.7. The monoisotopic (exact) mass is 709 g/mol. The molecule has 0 saturated carbocycles. The quantitative estimate of drug-likeness (QED) is 0.0257. The zero-order chi connectivity index (χ0) is 35.9. The number of rotatable bonds is 20. The highest BCUT2D eigenvalue weighted by Crippen LogP contribution is 2.30. The van der Waals surface area contributed by atoms with E-state index in [1.165, 1.54) is 0 Å².